The van der Waals surface area contributed by atoms with Crippen molar-refractivity contribution in [2.75, 3.05) is 5.32 Å². The summed E-state index contributed by atoms with van der Waals surface area (Å²) in [5.41, 5.74) is 4.62. The number of hydrogen-bond acceptors (Lipinski definition) is 5. The van der Waals surface area contributed by atoms with Crippen molar-refractivity contribution in [1.82, 2.24) is 14.5 Å². The van der Waals surface area contributed by atoms with Gasteiger partial charge in [-0.25, -0.2) is 9.97 Å². The van der Waals surface area contributed by atoms with Crippen LogP contribution in [0.15, 0.2) is 64.4 Å². The van der Waals surface area contributed by atoms with Gasteiger partial charge in [0.2, 0.25) is 11.3 Å². The van der Waals surface area contributed by atoms with E-state index in [9.17, 15) is 4.79 Å². The van der Waals surface area contributed by atoms with Gasteiger partial charge in [-0.15, -0.1) is 0 Å². The minimum atomic E-state index is -0.118. The lowest BCUT2D eigenvalue weighted by Crippen LogP contribution is -2.20. The number of benzene rings is 1. The highest BCUT2D eigenvalue weighted by molar-refractivity contribution is 5.82. The predicted octanol–water partition coefficient (Wildman–Crippen LogP) is 3.65. The highest BCUT2D eigenvalue weighted by Gasteiger charge is 2.21. The smallest absolute Gasteiger partial charge is 0.231 e. The van der Waals surface area contributed by atoms with Crippen LogP contribution in [0.2, 0.25) is 0 Å². The van der Waals surface area contributed by atoms with Gasteiger partial charge in [0.05, 0.1) is 23.5 Å². The van der Waals surface area contributed by atoms with Crippen LogP contribution in [-0.4, -0.2) is 20.6 Å². The van der Waals surface area contributed by atoms with Gasteiger partial charge in [-0.1, -0.05) is 24.3 Å². The number of nitrogens with zero attached hydrogens (tertiary/aromatic N) is 3. The Bertz CT molecular complexity index is 1190. The molecule has 0 saturated heterocycles. The molecule has 140 valence electrons. The van der Waals surface area contributed by atoms with Crippen molar-refractivity contribution in [2.45, 2.75) is 32.4 Å². The van der Waals surface area contributed by atoms with E-state index in [0.717, 1.165) is 18.5 Å². The first-order valence-corrected chi connectivity index (χ1v) is 9.49. The minimum absolute atomic E-state index is 0.118. The fourth-order valence-electron chi connectivity index (χ4n) is 4.00. The van der Waals surface area contributed by atoms with E-state index < -0.39 is 0 Å². The molecule has 0 saturated carbocycles. The van der Waals surface area contributed by atoms with Crippen molar-refractivity contribution >= 4 is 16.7 Å². The van der Waals surface area contributed by atoms with Crippen LogP contribution < -0.4 is 10.7 Å². The molecular formula is C22H20N4O2. The first-order chi connectivity index (χ1) is 13.7. The van der Waals surface area contributed by atoms with Gasteiger partial charge in [-0.2, -0.15) is 0 Å². The molecule has 0 unspecified atom stereocenters. The molecule has 1 aromatic carbocycles. The quantitative estimate of drug-likeness (QED) is 0.592. The Morgan fingerprint density at radius 3 is 2.68 bits per heavy atom. The molecule has 1 N–H and O–H groups in total. The van der Waals surface area contributed by atoms with Crippen LogP contribution in [0.4, 0.5) is 5.69 Å². The highest BCUT2D eigenvalue weighted by atomic mass is 16.3. The molecule has 0 aliphatic heterocycles. The maximum Gasteiger partial charge on any atom is 0.231 e. The van der Waals surface area contributed by atoms with Crippen molar-refractivity contribution in [2.24, 2.45) is 0 Å². The number of anilines is 1. The summed E-state index contributed by atoms with van der Waals surface area (Å²) < 4.78 is 7.31. The molecule has 1 aliphatic carbocycles. The van der Waals surface area contributed by atoms with Crippen molar-refractivity contribution in [3.05, 3.63) is 76.5 Å². The lowest BCUT2D eigenvalue weighted by Gasteiger charge is -2.15. The molecule has 5 rings (SSSR count). The molecule has 0 spiro atoms. The average molecular weight is 372 g/mol. The van der Waals surface area contributed by atoms with Gasteiger partial charge in [0.25, 0.3) is 0 Å². The Balaban J connectivity index is 1.54. The fourth-order valence-corrected chi connectivity index (χ4v) is 4.00. The first-order valence-electron chi connectivity index (χ1n) is 9.49. The monoisotopic (exact) mass is 372 g/mol. The number of aryl methyl sites for hydroxylation is 1. The molecule has 0 amide bonds. The second-order valence-electron chi connectivity index (χ2n) is 7.11. The van der Waals surface area contributed by atoms with E-state index in [1.54, 1.807) is 12.4 Å². The second-order valence-corrected chi connectivity index (χ2v) is 7.11. The number of pyridine rings is 2. The van der Waals surface area contributed by atoms with Gasteiger partial charge in [-0.3, -0.25) is 4.79 Å². The van der Waals surface area contributed by atoms with E-state index in [-0.39, 0.29) is 5.43 Å². The summed E-state index contributed by atoms with van der Waals surface area (Å²) in [5.74, 6) is 0.332. The van der Waals surface area contributed by atoms with E-state index in [0.29, 0.717) is 35.1 Å². The van der Waals surface area contributed by atoms with E-state index in [4.69, 9.17) is 4.42 Å². The van der Waals surface area contributed by atoms with Gasteiger partial charge in [0.15, 0.2) is 0 Å². The molecule has 4 aromatic rings. The summed E-state index contributed by atoms with van der Waals surface area (Å²) in [6.07, 6.45) is 8.55. The molecule has 6 nitrogen and oxygen atoms in total. The Morgan fingerprint density at radius 2 is 2.00 bits per heavy atom. The number of aromatic nitrogens is 3. The topological polar surface area (TPSA) is 73.0 Å². The van der Waals surface area contributed by atoms with Crippen molar-refractivity contribution in [3.63, 3.8) is 0 Å². The largest absolute Gasteiger partial charge is 0.444 e. The third-order valence-electron chi connectivity index (χ3n) is 5.34. The van der Waals surface area contributed by atoms with Gasteiger partial charge in [-0.05, 0) is 37.0 Å². The molecule has 6 heteroatoms. The maximum absolute atomic E-state index is 13.1. The number of fused-ring (bicyclic) bond motifs is 2. The zero-order valence-electron chi connectivity index (χ0n) is 15.6. The standard InChI is InChI=1S/C22H20N4O2/c1-2-26-13-19(22-23-7-8-28-22)20(27)18-11-17(12-24-21(18)26)25-16-9-14-5-3-4-6-15(14)10-16/h3-8,11-13,16,25H,2,9-10H2,1H3. The second kappa shape index (κ2) is 6.64. The Hall–Kier alpha value is -3.41. The van der Waals surface area contributed by atoms with Crippen LogP contribution in [0.1, 0.15) is 18.1 Å². The molecule has 0 atom stereocenters. The zero-order chi connectivity index (χ0) is 19.1. The molecular weight excluding hydrogens is 352 g/mol. The SMILES string of the molecule is CCn1cc(-c2ncco2)c(=O)c2cc(NC3Cc4ccccc4C3)cnc21. The number of nitrogens with one attached hydrogen (secondary N) is 1. The molecule has 28 heavy (non-hydrogen) atoms. The average Bonchev–Trinajstić information content (AvgIpc) is 3.38. The Labute approximate surface area is 161 Å². The van der Waals surface area contributed by atoms with E-state index in [1.165, 1.54) is 17.4 Å². The Morgan fingerprint density at radius 1 is 1.21 bits per heavy atom. The van der Waals surface area contributed by atoms with Gasteiger partial charge in [0.1, 0.15) is 17.5 Å². The fraction of sp³-hybridized carbons (Fsp3) is 0.227. The lowest BCUT2D eigenvalue weighted by atomic mass is 10.1. The van der Waals surface area contributed by atoms with Crippen LogP contribution >= 0.6 is 0 Å². The first kappa shape index (κ1) is 16.7. The Kier molecular flexibility index (Phi) is 3.97. The minimum Gasteiger partial charge on any atom is -0.444 e. The van der Waals surface area contributed by atoms with Gasteiger partial charge < -0.3 is 14.3 Å². The third-order valence-corrected chi connectivity index (χ3v) is 5.34. The third kappa shape index (κ3) is 2.78. The predicted molar refractivity (Wildman–Crippen MR) is 108 cm³/mol. The normalized spacial score (nSPS) is 13.8. The number of rotatable bonds is 4. The summed E-state index contributed by atoms with van der Waals surface area (Å²) in [6, 6.07) is 10.7. The summed E-state index contributed by atoms with van der Waals surface area (Å²) in [7, 11) is 0. The molecule has 0 radical (unpaired) electrons. The van der Waals surface area contributed by atoms with Gasteiger partial charge >= 0.3 is 0 Å². The summed E-state index contributed by atoms with van der Waals surface area (Å²) in [6.45, 7) is 2.72. The zero-order valence-corrected chi connectivity index (χ0v) is 15.6. The lowest BCUT2D eigenvalue weighted by molar-refractivity contribution is 0.573. The molecule has 0 bridgehead atoms. The number of oxazole rings is 1. The van der Waals surface area contributed by atoms with E-state index in [2.05, 4.69) is 39.6 Å². The summed E-state index contributed by atoms with van der Waals surface area (Å²) >= 11 is 0. The molecule has 0 fully saturated rings. The molecule has 1 aliphatic rings. The summed E-state index contributed by atoms with van der Waals surface area (Å²) in [5, 5.41) is 4.12. The van der Waals surface area contributed by atoms with E-state index in [1.807, 2.05) is 23.8 Å². The molecule has 3 aromatic heterocycles. The highest BCUT2D eigenvalue weighted by Crippen LogP contribution is 2.25. The van der Waals surface area contributed by atoms with Crippen molar-refractivity contribution < 1.29 is 4.42 Å². The summed E-state index contributed by atoms with van der Waals surface area (Å²) in [4.78, 5) is 21.8. The molecule has 3 heterocycles. The van der Waals surface area contributed by atoms with Crippen LogP contribution in [0.5, 0.6) is 0 Å². The van der Waals surface area contributed by atoms with Crippen LogP contribution in [0.25, 0.3) is 22.5 Å². The van der Waals surface area contributed by atoms with Crippen LogP contribution in [0, 0.1) is 0 Å². The van der Waals surface area contributed by atoms with E-state index >= 15 is 0 Å². The van der Waals surface area contributed by atoms with Crippen LogP contribution in [-0.2, 0) is 19.4 Å². The van der Waals surface area contributed by atoms with Gasteiger partial charge in [0, 0.05) is 18.8 Å². The van der Waals surface area contributed by atoms with Crippen LogP contribution in [0.3, 0.4) is 0 Å². The maximum atomic E-state index is 13.1. The van der Waals surface area contributed by atoms with Crippen molar-refractivity contribution in [3.8, 4) is 11.5 Å². The van der Waals surface area contributed by atoms with Crippen molar-refractivity contribution in [1.29, 1.82) is 0 Å². The number of hydrogen-bond donors (Lipinski definition) is 1.